The van der Waals surface area contributed by atoms with Gasteiger partial charge in [0.25, 0.3) is 0 Å². The molecule has 6 nitrogen and oxygen atoms in total. The molecule has 0 aliphatic heterocycles. The van der Waals surface area contributed by atoms with Gasteiger partial charge in [0.1, 0.15) is 12.2 Å². The third kappa shape index (κ3) is 7.43. The highest BCUT2D eigenvalue weighted by atomic mass is 15.3. The summed E-state index contributed by atoms with van der Waals surface area (Å²) < 4.78 is 2.09. The molecule has 0 atom stereocenters. The Labute approximate surface area is 134 Å². The van der Waals surface area contributed by atoms with Crippen LogP contribution in [0.3, 0.4) is 0 Å². The normalized spacial score (nSPS) is 12.0. The summed E-state index contributed by atoms with van der Waals surface area (Å²) in [6.45, 7) is 12.3. The third-order valence-electron chi connectivity index (χ3n) is 3.45. The van der Waals surface area contributed by atoms with E-state index in [2.05, 4.69) is 58.1 Å². The number of nitrogens with one attached hydrogen (secondary N) is 2. The van der Waals surface area contributed by atoms with Crippen molar-refractivity contribution in [2.24, 2.45) is 10.9 Å². The maximum atomic E-state index is 4.63. The van der Waals surface area contributed by atoms with E-state index in [1.54, 1.807) is 6.33 Å². The molecule has 22 heavy (non-hydrogen) atoms. The van der Waals surface area contributed by atoms with Crippen LogP contribution in [0.2, 0.25) is 0 Å². The largest absolute Gasteiger partial charge is 0.356 e. The highest BCUT2D eigenvalue weighted by Gasteiger charge is 2.03. The lowest BCUT2D eigenvalue weighted by Crippen LogP contribution is -2.40. The van der Waals surface area contributed by atoms with Crippen molar-refractivity contribution in [2.75, 3.05) is 19.6 Å². The van der Waals surface area contributed by atoms with Gasteiger partial charge in [0.15, 0.2) is 5.96 Å². The number of aryl methyl sites for hydroxylation is 1. The van der Waals surface area contributed by atoms with Crippen molar-refractivity contribution < 1.29 is 0 Å². The van der Waals surface area contributed by atoms with Crippen molar-refractivity contribution in [2.45, 2.75) is 59.9 Å². The molecular weight excluding hydrogens is 276 g/mol. The minimum absolute atomic E-state index is 0.702. The van der Waals surface area contributed by atoms with Crippen molar-refractivity contribution in [3.63, 3.8) is 0 Å². The lowest BCUT2D eigenvalue weighted by Gasteiger charge is -2.14. The van der Waals surface area contributed by atoms with Gasteiger partial charge in [-0.15, -0.1) is 10.2 Å². The van der Waals surface area contributed by atoms with Crippen molar-refractivity contribution in [1.82, 2.24) is 25.4 Å². The first kappa shape index (κ1) is 18.5. The number of rotatable bonds is 10. The minimum Gasteiger partial charge on any atom is -0.356 e. The van der Waals surface area contributed by atoms with Crippen LogP contribution in [0.25, 0.3) is 0 Å². The second kappa shape index (κ2) is 11.0. The Kier molecular flexibility index (Phi) is 9.26. The molecule has 1 heterocycles. The highest BCUT2D eigenvalue weighted by molar-refractivity contribution is 5.79. The molecule has 126 valence electrons. The van der Waals surface area contributed by atoms with E-state index in [-0.39, 0.29) is 0 Å². The molecular formula is C16H32N6. The summed E-state index contributed by atoms with van der Waals surface area (Å²) >= 11 is 0. The first-order valence-corrected chi connectivity index (χ1v) is 8.56. The number of nitrogens with zero attached hydrogens (tertiary/aromatic N) is 4. The van der Waals surface area contributed by atoms with Crippen molar-refractivity contribution in [3.05, 3.63) is 12.2 Å². The molecule has 0 unspecified atom stereocenters. The molecule has 0 radical (unpaired) electrons. The Morgan fingerprint density at radius 1 is 1.27 bits per heavy atom. The predicted molar refractivity (Wildman–Crippen MR) is 92.1 cm³/mol. The number of guanidine groups is 1. The Hall–Kier alpha value is -1.59. The zero-order valence-corrected chi connectivity index (χ0v) is 14.6. The SMILES string of the molecule is CCCCN=C(NCCC(C)C)NCCn1cnnc1CC. The van der Waals surface area contributed by atoms with E-state index in [4.69, 9.17) is 0 Å². The third-order valence-corrected chi connectivity index (χ3v) is 3.45. The van der Waals surface area contributed by atoms with Crippen LogP contribution in [0.1, 0.15) is 52.8 Å². The van der Waals surface area contributed by atoms with E-state index in [0.717, 1.165) is 57.2 Å². The second-order valence-corrected chi connectivity index (χ2v) is 5.91. The number of hydrogen-bond donors (Lipinski definition) is 2. The summed E-state index contributed by atoms with van der Waals surface area (Å²) in [5, 5.41) is 14.9. The molecule has 0 aliphatic carbocycles. The van der Waals surface area contributed by atoms with E-state index in [1.807, 2.05) is 0 Å². The lowest BCUT2D eigenvalue weighted by atomic mass is 10.1. The number of unbranched alkanes of at least 4 members (excludes halogenated alkanes) is 1. The molecule has 0 fully saturated rings. The molecule has 6 heteroatoms. The molecule has 1 rings (SSSR count). The van der Waals surface area contributed by atoms with E-state index in [9.17, 15) is 0 Å². The molecule has 0 aliphatic rings. The molecule has 2 N–H and O–H groups in total. The Morgan fingerprint density at radius 2 is 2.05 bits per heavy atom. The van der Waals surface area contributed by atoms with E-state index in [1.165, 1.54) is 6.42 Å². The predicted octanol–water partition coefficient (Wildman–Crippen LogP) is 2.22. The molecule has 0 amide bonds. The molecule has 0 saturated carbocycles. The molecule has 1 aromatic heterocycles. The Bertz CT molecular complexity index is 424. The fraction of sp³-hybridized carbons (Fsp3) is 0.812. The van der Waals surface area contributed by atoms with E-state index in [0.29, 0.717) is 5.92 Å². The zero-order chi connectivity index (χ0) is 16.2. The first-order valence-electron chi connectivity index (χ1n) is 8.56. The monoisotopic (exact) mass is 308 g/mol. The summed E-state index contributed by atoms with van der Waals surface area (Å²) in [7, 11) is 0. The molecule has 0 aromatic carbocycles. The first-order chi connectivity index (χ1) is 10.7. The fourth-order valence-corrected chi connectivity index (χ4v) is 2.04. The van der Waals surface area contributed by atoms with Crippen LogP contribution in [-0.4, -0.2) is 40.4 Å². The van der Waals surface area contributed by atoms with Gasteiger partial charge in [-0.3, -0.25) is 4.99 Å². The van der Waals surface area contributed by atoms with Crippen LogP contribution in [0.5, 0.6) is 0 Å². The van der Waals surface area contributed by atoms with Crippen LogP contribution in [-0.2, 0) is 13.0 Å². The summed E-state index contributed by atoms with van der Waals surface area (Å²) in [5.41, 5.74) is 0. The smallest absolute Gasteiger partial charge is 0.191 e. The Morgan fingerprint density at radius 3 is 2.73 bits per heavy atom. The van der Waals surface area contributed by atoms with Gasteiger partial charge in [-0.1, -0.05) is 34.1 Å². The minimum atomic E-state index is 0.702. The topological polar surface area (TPSA) is 67.1 Å². The summed E-state index contributed by atoms with van der Waals surface area (Å²) in [6.07, 6.45) is 6.15. The van der Waals surface area contributed by atoms with Crippen molar-refractivity contribution in [3.8, 4) is 0 Å². The highest BCUT2D eigenvalue weighted by Crippen LogP contribution is 1.97. The average molecular weight is 308 g/mol. The second-order valence-electron chi connectivity index (χ2n) is 5.91. The van der Waals surface area contributed by atoms with E-state index < -0.39 is 0 Å². The maximum absolute atomic E-state index is 4.63. The molecule has 1 aromatic rings. The summed E-state index contributed by atoms with van der Waals surface area (Å²) in [5.74, 6) is 2.65. The van der Waals surface area contributed by atoms with E-state index >= 15 is 0 Å². The van der Waals surface area contributed by atoms with Crippen LogP contribution >= 0.6 is 0 Å². The summed E-state index contributed by atoms with van der Waals surface area (Å²) in [4.78, 5) is 4.63. The van der Waals surface area contributed by atoms with Crippen LogP contribution in [0, 0.1) is 5.92 Å². The van der Waals surface area contributed by atoms with Crippen LogP contribution in [0.4, 0.5) is 0 Å². The van der Waals surface area contributed by atoms with Crippen LogP contribution < -0.4 is 10.6 Å². The molecule has 0 bridgehead atoms. The van der Waals surface area contributed by atoms with Gasteiger partial charge in [0.2, 0.25) is 0 Å². The van der Waals surface area contributed by atoms with Gasteiger partial charge in [0, 0.05) is 32.6 Å². The van der Waals surface area contributed by atoms with Gasteiger partial charge in [-0.2, -0.15) is 0 Å². The quantitative estimate of drug-likeness (QED) is 0.395. The van der Waals surface area contributed by atoms with Crippen molar-refractivity contribution >= 4 is 5.96 Å². The Balaban J connectivity index is 2.40. The maximum Gasteiger partial charge on any atom is 0.191 e. The van der Waals surface area contributed by atoms with Crippen LogP contribution in [0.15, 0.2) is 11.3 Å². The van der Waals surface area contributed by atoms with Gasteiger partial charge in [0.05, 0.1) is 0 Å². The lowest BCUT2D eigenvalue weighted by molar-refractivity contribution is 0.569. The van der Waals surface area contributed by atoms with Crippen molar-refractivity contribution in [1.29, 1.82) is 0 Å². The van der Waals surface area contributed by atoms with Gasteiger partial charge < -0.3 is 15.2 Å². The number of aromatic nitrogens is 3. The standard InChI is InChI=1S/C16H32N6/c1-5-7-9-17-16(18-10-8-14(3)4)19-11-12-22-13-20-21-15(22)6-2/h13-14H,5-12H2,1-4H3,(H2,17,18,19). The van der Waals surface area contributed by atoms with Gasteiger partial charge in [-0.05, 0) is 18.8 Å². The molecule has 0 saturated heterocycles. The van der Waals surface area contributed by atoms with Gasteiger partial charge in [-0.25, -0.2) is 0 Å². The number of aliphatic imine (C=N–C) groups is 1. The zero-order valence-electron chi connectivity index (χ0n) is 14.6. The summed E-state index contributed by atoms with van der Waals surface area (Å²) in [6, 6.07) is 0. The molecule has 0 spiro atoms. The van der Waals surface area contributed by atoms with Gasteiger partial charge >= 0.3 is 0 Å². The average Bonchev–Trinajstić information content (AvgIpc) is 2.94. The number of hydrogen-bond acceptors (Lipinski definition) is 3. The fourth-order valence-electron chi connectivity index (χ4n) is 2.04.